The van der Waals surface area contributed by atoms with E-state index in [4.69, 9.17) is 9.26 Å². The van der Waals surface area contributed by atoms with E-state index in [1.165, 1.54) is 0 Å². The first kappa shape index (κ1) is 11.5. The summed E-state index contributed by atoms with van der Waals surface area (Å²) in [6.45, 7) is 1.95. The lowest BCUT2D eigenvalue weighted by Crippen LogP contribution is -2.04. The number of imidazole rings is 1. The number of aromatic amines is 1. The van der Waals surface area contributed by atoms with Crippen molar-refractivity contribution in [1.82, 2.24) is 15.1 Å². The van der Waals surface area contributed by atoms with Gasteiger partial charge in [-0.25, -0.2) is 4.98 Å². The highest BCUT2D eigenvalue weighted by molar-refractivity contribution is 5.59. The Morgan fingerprint density at radius 3 is 2.68 bits per heavy atom. The molecule has 0 aliphatic carbocycles. The number of nitrogens with zero attached hydrogens (tertiary/aromatic N) is 2. The van der Waals surface area contributed by atoms with Crippen LogP contribution < -0.4 is 4.74 Å². The normalized spacial score (nSPS) is 12.3. The number of rotatable bonds is 4. The molecule has 3 rings (SSSR count). The predicted octanol–water partition coefficient (Wildman–Crippen LogP) is 3.20. The van der Waals surface area contributed by atoms with Crippen LogP contribution in [0, 0.1) is 0 Å². The lowest BCUT2D eigenvalue weighted by Gasteiger charge is -2.12. The minimum atomic E-state index is -0.118. The molecule has 0 fully saturated rings. The standard InChI is InChI=1S/C14H13N3O2/c1-10(14-15-7-8-16-14)19-12-4-2-11(3-5-12)13-6-9-18-17-13/h2-10H,1H3,(H,15,16). The Hall–Kier alpha value is -2.56. The summed E-state index contributed by atoms with van der Waals surface area (Å²) in [7, 11) is 0. The third kappa shape index (κ3) is 2.49. The molecule has 1 atom stereocenters. The molecule has 0 saturated carbocycles. The van der Waals surface area contributed by atoms with Gasteiger partial charge in [0.15, 0.2) is 6.10 Å². The highest BCUT2D eigenvalue weighted by Gasteiger charge is 2.09. The molecular weight excluding hydrogens is 242 g/mol. The summed E-state index contributed by atoms with van der Waals surface area (Å²) in [5, 5.41) is 3.89. The molecule has 1 unspecified atom stereocenters. The number of nitrogens with one attached hydrogen (secondary N) is 1. The van der Waals surface area contributed by atoms with Crippen molar-refractivity contribution in [2.24, 2.45) is 0 Å². The Bertz CT molecular complexity index is 615. The van der Waals surface area contributed by atoms with E-state index in [0.29, 0.717) is 0 Å². The molecule has 0 saturated heterocycles. The largest absolute Gasteiger partial charge is 0.483 e. The summed E-state index contributed by atoms with van der Waals surface area (Å²) < 4.78 is 10.6. The Balaban J connectivity index is 1.73. The molecule has 0 radical (unpaired) electrons. The van der Waals surface area contributed by atoms with E-state index in [0.717, 1.165) is 22.8 Å². The average molecular weight is 255 g/mol. The van der Waals surface area contributed by atoms with Gasteiger partial charge in [0.2, 0.25) is 0 Å². The number of hydrogen-bond acceptors (Lipinski definition) is 4. The van der Waals surface area contributed by atoms with Crippen LogP contribution >= 0.6 is 0 Å². The highest BCUT2D eigenvalue weighted by Crippen LogP contribution is 2.23. The molecule has 5 nitrogen and oxygen atoms in total. The van der Waals surface area contributed by atoms with Crippen molar-refractivity contribution >= 4 is 0 Å². The second-order valence-corrected chi connectivity index (χ2v) is 4.14. The van der Waals surface area contributed by atoms with Crippen molar-refractivity contribution in [2.45, 2.75) is 13.0 Å². The van der Waals surface area contributed by atoms with Crippen molar-refractivity contribution in [3.8, 4) is 17.0 Å². The predicted molar refractivity (Wildman–Crippen MR) is 69.6 cm³/mol. The Labute approximate surface area is 110 Å². The first-order chi connectivity index (χ1) is 9.33. The van der Waals surface area contributed by atoms with Crippen molar-refractivity contribution in [3.05, 3.63) is 54.8 Å². The van der Waals surface area contributed by atoms with Crippen LogP contribution in [0.1, 0.15) is 18.9 Å². The second kappa shape index (κ2) is 4.97. The van der Waals surface area contributed by atoms with Crippen LogP contribution in [0.4, 0.5) is 0 Å². The van der Waals surface area contributed by atoms with Crippen LogP contribution in [0.2, 0.25) is 0 Å². The molecule has 0 aliphatic rings. The summed E-state index contributed by atoms with van der Waals surface area (Å²) in [6, 6.07) is 9.53. The van der Waals surface area contributed by atoms with Gasteiger partial charge in [0.1, 0.15) is 23.5 Å². The van der Waals surface area contributed by atoms with Crippen molar-refractivity contribution < 1.29 is 9.26 Å². The first-order valence-electron chi connectivity index (χ1n) is 5.99. The lowest BCUT2D eigenvalue weighted by atomic mass is 10.1. The molecular formula is C14H13N3O2. The van der Waals surface area contributed by atoms with Crippen LogP contribution in [-0.4, -0.2) is 15.1 Å². The fourth-order valence-electron chi connectivity index (χ4n) is 1.83. The lowest BCUT2D eigenvalue weighted by molar-refractivity contribution is 0.217. The average Bonchev–Trinajstić information content (AvgIpc) is 3.13. The van der Waals surface area contributed by atoms with Gasteiger partial charge < -0.3 is 14.2 Å². The van der Waals surface area contributed by atoms with Crippen LogP contribution in [0.5, 0.6) is 5.75 Å². The summed E-state index contributed by atoms with van der Waals surface area (Å²) >= 11 is 0. The van der Waals surface area contributed by atoms with Gasteiger partial charge in [-0.1, -0.05) is 5.16 Å². The van der Waals surface area contributed by atoms with Crippen LogP contribution in [0.3, 0.4) is 0 Å². The molecule has 19 heavy (non-hydrogen) atoms. The maximum absolute atomic E-state index is 5.79. The van der Waals surface area contributed by atoms with Gasteiger partial charge >= 0.3 is 0 Å². The van der Waals surface area contributed by atoms with E-state index >= 15 is 0 Å². The maximum Gasteiger partial charge on any atom is 0.153 e. The molecule has 5 heteroatoms. The van der Waals surface area contributed by atoms with E-state index in [1.54, 1.807) is 18.7 Å². The van der Waals surface area contributed by atoms with E-state index in [1.807, 2.05) is 37.3 Å². The Morgan fingerprint density at radius 2 is 2.05 bits per heavy atom. The summed E-state index contributed by atoms with van der Waals surface area (Å²) in [4.78, 5) is 7.20. The molecule has 1 aromatic carbocycles. The minimum Gasteiger partial charge on any atom is -0.483 e. The third-order valence-corrected chi connectivity index (χ3v) is 2.81. The van der Waals surface area contributed by atoms with Gasteiger partial charge in [-0.15, -0.1) is 0 Å². The zero-order valence-electron chi connectivity index (χ0n) is 10.4. The topological polar surface area (TPSA) is 63.9 Å². The summed E-state index contributed by atoms with van der Waals surface area (Å²) in [5.74, 6) is 1.59. The van der Waals surface area contributed by atoms with E-state index in [9.17, 15) is 0 Å². The second-order valence-electron chi connectivity index (χ2n) is 4.14. The molecule has 0 spiro atoms. The SMILES string of the molecule is CC(Oc1ccc(-c2ccon2)cc1)c1ncc[nH]1. The smallest absolute Gasteiger partial charge is 0.153 e. The zero-order valence-corrected chi connectivity index (χ0v) is 10.4. The Kier molecular flexibility index (Phi) is 3.02. The number of benzene rings is 1. The monoisotopic (exact) mass is 255 g/mol. The first-order valence-corrected chi connectivity index (χ1v) is 5.99. The number of aromatic nitrogens is 3. The molecule has 1 N–H and O–H groups in total. The van der Waals surface area contributed by atoms with Crippen LogP contribution in [0.15, 0.2) is 53.5 Å². The van der Waals surface area contributed by atoms with Gasteiger partial charge in [-0.05, 0) is 31.2 Å². The highest BCUT2D eigenvalue weighted by atomic mass is 16.5. The molecule has 2 heterocycles. The molecule has 96 valence electrons. The van der Waals surface area contributed by atoms with Gasteiger partial charge in [0, 0.05) is 24.0 Å². The van der Waals surface area contributed by atoms with Gasteiger partial charge in [-0.2, -0.15) is 0 Å². The van der Waals surface area contributed by atoms with E-state index in [-0.39, 0.29) is 6.10 Å². The quantitative estimate of drug-likeness (QED) is 0.777. The number of hydrogen-bond donors (Lipinski definition) is 1. The van der Waals surface area contributed by atoms with Gasteiger partial charge in [0.25, 0.3) is 0 Å². The molecule has 0 amide bonds. The van der Waals surface area contributed by atoms with Crippen LogP contribution in [-0.2, 0) is 0 Å². The third-order valence-electron chi connectivity index (χ3n) is 2.81. The van der Waals surface area contributed by atoms with Crippen molar-refractivity contribution in [2.75, 3.05) is 0 Å². The van der Waals surface area contributed by atoms with Crippen molar-refractivity contribution in [3.63, 3.8) is 0 Å². The number of ether oxygens (including phenoxy) is 1. The maximum atomic E-state index is 5.79. The van der Waals surface area contributed by atoms with Gasteiger partial charge in [0.05, 0.1) is 0 Å². The molecule has 3 aromatic rings. The summed E-state index contributed by atoms with van der Waals surface area (Å²) in [5.41, 5.74) is 1.80. The Morgan fingerprint density at radius 1 is 1.21 bits per heavy atom. The van der Waals surface area contributed by atoms with E-state index in [2.05, 4.69) is 15.1 Å². The zero-order chi connectivity index (χ0) is 13.1. The minimum absolute atomic E-state index is 0.118. The fraction of sp³-hybridized carbons (Fsp3) is 0.143. The van der Waals surface area contributed by atoms with Crippen molar-refractivity contribution in [1.29, 1.82) is 0 Å². The number of H-pyrrole nitrogens is 1. The molecule has 2 aromatic heterocycles. The molecule has 0 aliphatic heterocycles. The van der Waals surface area contributed by atoms with Crippen LogP contribution in [0.25, 0.3) is 11.3 Å². The fourth-order valence-corrected chi connectivity index (χ4v) is 1.83. The molecule has 0 bridgehead atoms. The van der Waals surface area contributed by atoms with E-state index < -0.39 is 0 Å². The summed E-state index contributed by atoms with van der Waals surface area (Å²) in [6.07, 6.45) is 4.93. The van der Waals surface area contributed by atoms with Gasteiger partial charge in [-0.3, -0.25) is 0 Å².